The van der Waals surface area contributed by atoms with E-state index in [4.69, 9.17) is 0 Å². The Morgan fingerprint density at radius 2 is 1.73 bits per heavy atom. The maximum atomic E-state index is 4.25. The fourth-order valence-electron chi connectivity index (χ4n) is 2.06. The summed E-state index contributed by atoms with van der Waals surface area (Å²) in [5, 5.41) is 8.82. The number of benzene rings is 1. The monoisotopic (exact) mass is 429 g/mol. The molecule has 2 rings (SSSR count). The molecular formula is C17H24IN3S. The number of hydrogen-bond acceptors (Lipinski definition) is 2. The average molecular weight is 429 g/mol. The molecule has 5 heteroatoms. The van der Waals surface area contributed by atoms with E-state index in [-0.39, 0.29) is 24.0 Å². The van der Waals surface area contributed by atoms with Crippen LogP contribution in [0.3, 0.4) is 0 Å². The minimum absolute atomic E-state index is 0. The molecule has 2 N–H and O–H groups in total. The molecule has 1 heterocycles. The maximum Gasteiger partial charge on any atom is 0.190 e. The average Bonchev–Trinajstić information content (AvgIpc) is 3.01. The van der Waals surface area contributed by atoms with E-state index in [1.807, 2.05) is 7.05 Å². The number of aliphatic imine (C=N–C) groups is 1. The second kappa shape index (κ2) is 10.6. The van der Waals surface area contributed by atoms with Gasteiger partial charge in [0.05, 0.1) is 0 Å². The van der Waals surface area contributed by atoms with Crippen LogP contribution in [0.15, 0.2) is 46.8 Å². The highest BCUT2D eigenvalue weighted by Gasteiger charge is 1.99. The molecule has 120 valence electrons. The van der Waals surface area contributed by atoms with E-state index in [0.29, 0.717) is 0 Å². The quantitative estimate of drug-likeness (QED) is 0.418. The van der Waals surface area contributed by atoms with Crippen LogP contribution in [-0.2, 0) is 12.8 Å². The molecule has 1 aromatic carbocycles. The lowest BCUT2D eigenvalue weighted by atomic mass is 10.1. The molecule has 1 aromatic heterocycles. The Labute approximate surface area is 154 Å². The number of guanidine groups is 1. The van der Waals surface area contributed by atoms with E-state index in [0.717, 1.165) is 31.9 Å². The van der Waals surface area contributed by atoms with E-state index >= 15 is 0 Å². The lowest BCUT2D eigenvalue weighted by Gasteiger charge is -2.11. The second-order valence-electron chi connectivity index (χ2n) is 4.99. The molecular weight excluding hydrogens is 405 g/mol. The van der Waals surface area contributed by atoms with Crippen molar-refractivity contribution in [2.24, 2.45) is 4.99 Å². The Morgan fingerprint density at radius 3 is 2.32 bits per heavy atom. The highest BCUT2D eigenvalue weighted by atomic mass is 127. The Balaban J connectivity index is 0.00000242. The summed E-state index contributed by atoms with van der Waals surface area (Å²) in [7, 11) is 1.81. The van der Waals surface area contributed by atoms with Gasteiger partial charge in [-0.15, -0.1) is 35.3 Å². The van der Waals surface area contributed by atoms with Gasteiger partial charge in [-0.25, -0.2) is 0 Å². The number of aryl methyl sites for hydroxylation is 1. The van der Waals surface area contributed by atoms with E-state index in [1.165, 1.54) is 16.0 Å². The summed E-state index contributed by atoms with van der Waals surface area (Å²) in [6.45, 7) is 3.91. The fraction of sp³-hybridized carbons (Fsp3) is 0.353. The van der Waals surface area contributed by atoms with Crippen LogP contribution in [0, 0.1) is 6.92 Å². The third-order valence-corrected chi connectivity index (χ3v) is 4.23. The standard InChI is InChI=1S/C17H23N3S.HI/c1-14-5-7-15(8-6-14)9-11-19-17(18-2)20-12-10-16-4-3-13-21-16;/h3-8,13H,9-12H2,1-2H3,(H2,18,19,20);1H. The van der Waals surface area contributed by atoms with Crippen LogP contribution in [0.2, 0.25) is 0 Å². The predicted molar refractivity (Wildman–Crippen MR) is 108 cm³/mol. The van der Waals surface area contributed by atoms with Crippen molar-refractivity contribution in [3.05, 3.63) is 57.8 Å². The van der Waals surface area contributed by atoms with Gasteiger partial charge in [0.2, 0.25) is 0 Å². The van der Waals surface area contributed by atoms with Gasteiger partial charge in [0.25, 0.3) is 0 Å². The number of rotatable bonds is 6. The van der Waals surface area contributed by atoms with Crippen molar-refractivity contribution >= 4 is 41.3 Å². The zero-order chi connectivity index (χ0) is 14.9. The number of nitrogens with zero attached hydrogens (tertiary/aromatic N) is 1. The molecule has 0 atom stereocenters. The van der Waals surface area contributed by atoms with Gasteiger partial charge in [-0.05, 0) is 36.8 Å². The van der Waals surface area contributed by atoms with E-state index in [1.54, 1.807) is 11.3 Å². The SMILES string of the molecule is CN=C(NCCc1ccc(C)cc1)NCCc1cccs1.I. The molecule has 0 bridgehead atoms. The first-order chi connectivity index (χ1) is 10.3. The molecule has 22 heavy (non-hydrogen) atoms. The number of hydrogen-bond donors (Lipinski definition) is 2. The van der Waals surface area contributed by atoms with Crippen LogP contribution in [0.5, 0.6) is 0 Å². The highest BCUT2D eigenvalue weighted by Crippen LogP contribution is 2.08. The first-order valence-corrected chi connectivity index (χ1v) is 8.18. The van der Waals surface area contributed by atoms with E-state index < -0.39 is 0 Å². The van der Waals surface area contributed by atoms with Gasteiger partial charge in [-0.2, -0.15) is 0 Å². The van der Waals surface area contributed by atoms with Crippen molar-refractivity contribution in [1.29, 1.82) is 0 Å². The van der Waals surface area contributed by atoms with E-state index in [2.05, 4.69) is 64.3 Å². The summed E-state index contributed by atoms with van der Waals surface area (Å²) >= 11 is 1.80. The van der Waals surface area contributed by atoms with Crippen molar-refractivity contribution < 1.29 is 0 Å². The lowest BCUT2D eigenvalue weighted by Crippen LogP contribution is -2.39. The molecule has 0 aliphatic heterocycles. The summed E-state index contributed by atoms with van der Waals surface area (Å²) in [6, 6.07) is 12.9. The minimum atomic E-state index is 0. The Kier molecular flexibility index (Phi) is 9.15. The second-order valence-corrected chi connectivity index (χ2v) is 6.02. The summed E-state index contributed by atoms with van der Waals surface area (Å²) in [5.41, 5.74) is 2.65. The fourth-order valence-corrected chi connectivity index (χ4v) is 2.77. The molecule has 0 aliphatic carbocycles. The molecule has 0 amide bonds. The van der Waals surface area contributed by atoms with Crippen LogP contribution in [-0.4, -0.2) is 26.1 Å². The zero-order valence-electron chi connectivity index (χ0n) is 13.1. The molecule has 0 unspecified atom stereocenters. The number of thiophene rings is 1. The molecule has 0 saturated carbocycles. The van der Waals surface area contributed by atoms with Gasteiger partial charge < -0.3 is 10.6 Å². The lowest BCUT2D eigenvalue weighted by molar-refractivity contribution is 0.787. The predicted octanol–water partition coefficient (Wildman–Crippen LogP) is 3.62. The van der Waals surface area contributed by atoms with Gasteiger partial charge in [0.1, 0.15) is 0 Å². The van der Waals surface area contributed by atoms with Crippen molar-refractivity contribution in [2.45, 2.75) is 19.8 Å². The molecule has 0 saturated heterocycles. The largest absolute Gasteiger partial charge is 0.356 e. The summed E-state index contributed by atoms with van der Waals surface area (Å²) in [6.07, 6.45) is 2.04. The van der Waals surface area contributed by atoms with Gasteiger partial charge >= 0.3 is 0 Å². The number of nitrogens with one attached hydrogen (secondary N) is 2. The minimum Gasteiger partial charge on any atom is -0.356 e. The Morgan fingerprint density at radius 1 is 1.05 bits per heavy atom. The normalized spacial score (nSPS) is 10.9. The van der Waals surface area contributed by atoms with Crippen LogP contribution >= 0.6 is 35.3 Å². The third kappa shape index (κ3) is 6.79. The molecule has 0 spiro atoms. The Hall–Kier alpha value is -1.08. The van der Waals surface area contributed by atoms with E-state index in [9.17, 15) is 0 Å². The van der Waals surface area contributed by atoms with Gasteiger partial charge in [-0.3, -0.25) is 4.99 Å². The summed E-state index contributed by atoms with van der Waals surface area (Å²) in [5.74, 6) is 0.874. The van der Waals surface area contributed by atoms with Crippen LogP contribution < -0.4 is 10.6 Å². The Bertz CT molecular complexity index is 550. The van der Waals surface area contributed by atoms with Crippen LogP contribution in [0.1, 0.15) is 16.0 Å². The highest BCUT2D eigenvalue weighted by molar-refractivity contribution is 14.0. The topological polar surface area (TPSA) is 36.4 Å². The first kappa shape index (κ1) is 19.0. The molecule has 0 aliphatic rings. The number of halogens is 1. The molecule has 0 radical (unpaired) electrons. The molecule has 0 fully saturated rings. The smallest absolute Gasteiger partial charge is 0.190 e. The third-order valence-electron chi connectivity index (χ3n) is 3.29. The van der Waals surface area contributed by atoms with Crippen molar-refractivity contribution in [3.8, 4) is 0 Å². The molecule has 3 nitrogen and oxygen atoms in total. The van der Waals surface area contributed by atoms with Gasteiger partial charge in [-0.1, -0.05) is 35.9 Å². The van der Waals surface area contributed by atoms with Crippen molar-refractivity contribution in [3.63, 3.8) is 0 Å². The maximum absolute atomic E-state index is 4.25. The summed E-state index contributed by atoms with van der Waals surface area (Å²) < 4.78 is 0. The van der Waals surface area contributed by atoms with Crippen LogP contribution in [0.4, 0.5) is 0 Å². The van der Waals surface area contributed by atoms with Gasteiger partial charge in [0.15, 0.2) is 5.96 Å². The van der Waals surface area contributed by atoms with Crippen molar-refractivity contribution in [1.82, 2.24) is 10.6 Å². The zero-order valence-corrected chi connectivity index (χ0v) is 16.3. The van der Waals surface area contributed by atoms with Crippen LogP contribution in [0.25, 0.3) is 0 Å². The van der Waals surface area contributed by atoms with Crippen molar-refractivity contribution in [2.75, 3.05) is 20.1 Å². The van der Waals surface area contributed by atoms with Gasteiger partial charge in [0, 0.05) is 25.0 Å². The summed E-state index contributed by atoms with van der Waals surface area (Å²) in [4.78, 5) is 5.65. The molecule has 2 aromatic rings. The first-order valence-electron chi connectivity index (χ1n) is 7.30.